The van der Waals surface area contributed by atoms with Gasteiger partial charge in [-0.2, -0.15) is 0 Å². The standard InChI is InChI=1S/C14H17NO5/c1-19-13(17)12-7-11(16)8-15(12)14(18)20-9-10-5-3-2-4-6-10/h3,5-6,12H,2,4,7-9H2,1H3/t12-/m0/s1. The fourth-order valence-electron chi connectivity index (χ4n) is 2.23. The van der Waals surface area contributed by atoms with Gasteiger partial charge in [0.05, 0.1) is 13.7 Å². The van der Waals surface area contributed by atoms with Gasteiger partial charge in [-0.25, -0.2) is 9.59 Å². The lowest BCUT2D eigenvalue weighted by atomic mass is 10.1. The maximum Gasteiger partial charge on any atom is 0.411 e. The number of methoxy groups -OCH3 is 1. The summed E-state index contributed by atoms with van der Waals surface area (Å²) in [5.41, 5.74) is 0.921. The summed E-state index contributed by atoms with van der Waals surface area (Å²) in [7, 11) is 1.23. The molecule has 2 rings (SSSR count). The minimum atomic E-state index is -0.865. The Morgan fingerprint density at radius 2 is 2.20 bits per heavy atom. The van der Waals surface area contributed by atoms with Crippen LogP contribution in [0.3, 0.4) is 0 Å². The lowest BCUT2D eigenvalue weighted by Crippen LogP contribution is -2.41. The molecule has 0 aromatic rings. The molecule has 0 aromatic heterocycles. The summed E-state index contributed by atoms with van der Waals surface area (Å²) < 4.78 is 9.74. The highest BCUT2D eigenvalue weighted by molar-refractivity contribution is 5.95. The minimum Gasteiger partial charge on any atom is -0.467 e. The second kappa shape index (κ2) is 6.36. The quantitative estimate of drug-likeness (QED) is 0.726. The molecule has 6 heteroatoms. The molecule has 1 aliphatic carbocycles. The van der Waals surface area contributed by atoms with Gasteiger partial charge in [0.1, 0.15) is 12.6 Å². The molecular formula is C14H17NO5. The van der Waals surface area contributed by atoms with Gasteiger partial charge in [0, 0.05) is 6.42 Å². The maximum atomic E-state index is 12.0. The molecule has 0 aromatic carbocycles. The summed E-state index contributed by atoms with van der Waals surface area (Å²) in [4.78, 5) is 36.0. The Bertz CT molecular complexity index is 480. The van der Waals surface area contributed by atoms with Crippen LogP contribution in [0.25, 0.3) is 0 Å². The molecule has 1 fully saturated rings. The Kier molecular flexibility index (Phi) is 4.55. The van der Waals surface area contributed by atoms with Gasteiger partial charge in [0.25, 0.3) is 0 Å². The zero-order valence-electron chi connectivity index (χ0n) is 11.3. The van der Waals surface area contributed by atoms with E-state index in [1.807, 2.05) is 18.2 Å². The van der Waals surface area contributed by atoms with Crippen molar-refractivity contribution < 1.29 is 23.9 Å². The molecule has 20 heavy (non-hydrogen) atoms. The lowest BCUT2D eigenvalue weighted by Gasteiger charge is -2.21. The first-order valence-electron chi connectivity index (χ1n) is 6.50. The molecule has 0 spiro atoms. The van der Waals surface area contributed by atoms with E-state index in [1.165, 1.54) is 7.11 Å². The van der Waals surface area contributed by atoms with Crippen molar-refractivity contribution >= 4 is 17.8 Å². The van der Waals surface area contributed by atoms with E-state index < -0.39 is 18.1 Å². The number of nitrogens with zero attached hydrogens (tertiary/aromatic N) is 1. The third-order valence-corrected chi connectivity index (χ3v) is 3.29. The molecule has 1 heterocycles. The summed E-state index contributed by atoms with van der Waals surface area (Å²) in [5.74, 6) is -0.765. The van der Waals surface area contributed by atoms with Gasteiger partial charge in [0.15, 0.2) is 5.78 Å². The van der Waals surface area contributed by atoms with E-state index in [2.05, 4.69) is 4.74 Å². The first-order valence-corrected chi connectivity index (χ1v) is 6.50. The topological polar surface area (TPSA) is 72.9 Å². The molecule has 1 saturated heterocycles. The van der Waals surface area contributed by atoms with Gasteiger partial charge in [-0.1, -0.05) is 18.2 Å². The number of ketones is 1. The van der Waals surface area contributed by atoms with Crippen molar-refractivity contribution in [2.45, 2.75) is 25.3 Å². The number of esters is 1. The average molecular weight is 279 g/mol. The number of hydrogen-bond acceptors (Lipinski definition) is 5. The van der Waals surface area contributed by atoms with Crippen LogP contribution in [0.15, 0.2) is 23.8 Å². The molecule has 1 atom stereocenters. The molecule has 0 radical (unpaired) electrons. The highest BCUT2D eigenvalue weighted by atomic mass is 16.6. The van der Waals surface area contributed by atoms with E-state index in [1.54, 1.807) is 0 Å². The molecular weight excluding hydrogens is 262 g/mol. The minimum absolute atomic E-state index is 0.00955. The number of carbonyl (C=O) groups excluding carboxylic acids is 3. The van der Waals surface area contributed by atoms with Crippen LogP contribution in [-0.4, -0.2) is 49.0 Å². The van der Waals surface area contributed by atoms with Crippen LogP contribution in [0.5, 0.6) is 0 Å². The summed E-state index contributed by atoms with van der Waals surface area (Å²) in [6, 6.07) is -0.865. The fraction of sp³-hybridized carbons (Fsp3) is 0.500. The van der Waals surface area contributed by atoms with Gasteiger partial charge in [-0.3, -0.25) is 9.69 Å². The fourth-order valence-corrected chi connectivity index (χ4v) is 2.23. The number of likely N-dealkylation sites (tertiary alicyclic amines) is 1. The van der Waals surface area contributed by atoms with Gasteiger partial charge in [-0.15, -0.1) is 0 Å². The zero-order chi connectivity index (χ0) is 14.5. The van der Waals surface area contributed by atoms with Crippen LogP contribution in [0.2, 0.25) is 0 Å². The Morgan fingerprint density at radius 3 is 2.85 bits per heavy atom. The number of amides is 1. The second-order valence-electron chi connectivity index (χ2n) is 4.72. The predicted molar refractivity (Wildman–Crippen MR) is 69.9 cm³/mol. The Morgan fingerprint density at radius 1 is 1.40 bits per heavy atom. The molecule has 1 amide bonds. The van der Waals surface area contributed by atoms with Gasteiger partial charge >= 0.3 is 12.1 Å². The van der Waals surface area contributed by atoms with Crippen molar-refractivity contribution in [3.63, 3.8) is 0 Å². The maximum absolute atomic E-state index is 12.0. The third-order valence-electron chi connectivity index (χ3n) is 3.29. The first kappa shape index (κ1) is 14.3. The van der Waals surface area contributed by atoms with E-state index in [-0.39, 0.29) is 25.4 Å². The highest BCUT2D eigenvalue weighted by Crippen LogP contribution is 2.18. The summed E-state index contributed by atoms with van der Waals surface area (Å²) >= 11 is 0. The SMILES string of the molecule is COC(=O)[C@@H]1CC(=O)CN1C(=O)OCC1=CCCC=C1. The summed E-state index contributed by atoms with van der Waals surface area (Å²) in [6.07, 6.45) is 7.17. The summed E-state index contributed by atoms with van der Waals surface area (Å²) in [6.45, 7) is 0.0431. The average Bonchev–Trinajstić information content (AvgIpc) is 2.87. The number of Topliss-reactive ketones (excluding diaryl/α,β-unsaturated/α-hetero) is 1. The number of ether oxygens (including phenoxy) is 2. The van der Waals surface area contributed by atoms with Gasteiger partial charge in [-0.05, 0) is 18.4 Å². The van der Waals surface area contributed by atoms with Crippen LogP contribution in [0, 0.1) is 0 Å². The van der Waals surface area contributed by atoms with Crippen molar-refractivity contribution in [1.29, 1.82) is 0 Å². The molecule has 2 aliphatic rings. The number of allylic oxidation sites excluding steroid dienone is 2. The second-order valence-corrected chi connectivity index (χ2v) is 4.72. The lowest BCUT2D eigenvalue weighted by molar-refractivity contribution is -0.145. The monoisotopic (exact) mass is 279 g/mol. The van der Waals surface area contributed by atoms with Crippen LogP contribution in [-0.2, 0) is 19.1 Å². The van der Waals surface area contributed by atoms with Crippen molar-refractivity contribution in [2.75, 3.05) is 20.3 Å². The molecule has 6 nitrogen and oxygen atoms in total. The number of carbonyl (C=O) groups is 3. The van der Waals surface area contributed by atoms with Gasteiger partial charge in [0.2, 0.25) is 0 Å². The van der Waals surface area contributed by atoms with E-state index >= 15 is 0 Å². The van der Waals surface area contributed by atoms with Crippen LogP contribution in [0.1, 0.15) is 19.3 Å². The third kappa shape index (κ3) is 3.26. The molecule has 1 aliphatic heterocycles. The van der Waals surface area contributed by atoms with Crippen molar-refractivity contribution in [3.05, 3.63) is 23.8 Å². The van der Waals surface area contributed by atoms with Crippen LogP contribution < -0.4 is 0 Å². The van der Waals surface area contributed by atoms with Gasteiger partial charge < -0.3 is 9.47 Å². The molecule has 108 valence electrons. The Labute approximate surface area is 117 Å². The normalized spacial score (nSPS) is 21.6. The first-order chi connectivity index (χ1) is 9.61. The van der Waals surface area contributed by atoms with Crippen LogP contribution >= 0.6 is 0 Å². The largest absolute Gasteiger partial charge is 0.467 e. The van der Waals surface area contributed by atoms with Crippen molar-refractivity contribution in [1.82, 2.24) is 4.90 Å². The van der Waals surface area contributed by atoms with Crippen LogP contribution in [0.4, 0.5) is 4.79 Å². The van der Waals surface area contributed by atoms with Crippen molar-refractivity contribution in [2.24, 2.45) is 0 Å². The number of hydrogen-bond donors (Lipinski definition) is 0. The molecule has 0 unspecified atom stereocenters. The Hall–Kier alpha value is -2.11. The summed E-state index contributed by atoms with van der Waals surface area (Å²) in [5, 5.41) is 0. The van der Waals surface area contributed by atoms with E-state index in [4.69, 9.17) is 4.74 Å². The molecule has 0 saturated carbocycles. The smallest absolute Gasteiger partial charge is 0.411 e. The molecule has 0 N–H and O–H groups in total. The Balaban J connectivity index is 1.93. The van der Waals surface area contributed by atoms with E-state index in [9.17, 15) is 14.4 Å². The number of rotatable bonds is 3. The van der Waals surface area contributed by atoms with E-state index in [0.717, 1.165) is 23.3 Å². The molecule has 0 bridgehead atoms. The highest BCUT2D eigenvalue weighted by Gasteiger charge is 2.40. The predicted octanol–water partition coefficient (Wildman–Crippen LogP) is 1.22. The van der Waals surface area contributed by atoms with Crippen molar-refractivity contribution in [3.8, 4) is 0 Å². The zero-order valence-corrected chi connectivity index (χ0v) is 11.3. The van der Waals surface area contributed by atoms with E-state index in [0.29, 0.717) is 0 Å².